The van der Waals surface area contributed by atoms with Gasteiger partial charge in [-0.2, -0.15) is 0 Å². The molecule has 2 rings (SSSR count). The summed E-state index contributed by atoms with van der Waals surface area (Å²) in [7, 11) is -3.74. The van der Waals surface area contributed by atoms with E-state index in [0.717, 1.165) is 44.2 Å². The van der Waals surface area contributed by atoms with Gasteiger partial charge < -0.3 is 0 Å². The van der Waals surface area contributed by atoms with E-state index >= 15 is 0 Å². The highest BCUT2D eigenvalue weighted by atomic mass is 35.5. The van der Waals surface area contributed by atoms with Gasteiger partial charge in [0.2, 0.25) is 10.0 Å². The summed E-state index contributed by atoms with van der Waals surface area (Å²) >= 11 is 5.81. The third-order valence-electron chi connectivity index (χ3n) is 3.11. The Balaban J connectivity index is 2.21. The normalized spacial score (nSPS) is 17.9. The zero-order valence-corrected chi connectivity index (χ0v) is 11.4. The van der Waals surface area contributed by atoms with E-state index in [1.807, 2.05) is 0 Å². The first-order chi connectivity index (χ1) is 8.49. The van der Waals surface area contributed by atoms with Gasteiger partial charge in [0.25, 0.3) is 0 Å². The molecule has 0 bridgehead atoms. The van der Waals surface area contributed by atoms with Crippen molar-refractivity contribution in [3.8, 4) is 0 Å². The number of nitrogens with one attached hydrogen (secondary N) is 1. The van der Waals surface area contributed by atoms with Gasteiger partial charge in [0.1, 0.15) is 10.7 Å². The first-order valence-corrected chi connectivity index (χ1v) is 7.82. The summed E-state index contributed by atoms with van der Waals surface area (Å²) in [4.78, 5) is -0.185. The van der Waals surface area contributed by atoms with Gasteiger partial charge in [0, 0.05) is 6.04 Å². The number of hydrogen-bond acceptors (Lipinski definition) is 2. The van der Waals surface area contributed by atoms with Crippen molar-refractivity contribution >= 4 is 21.6 Å². The van der Waals surface area contributed by atoms with E-state index in [1.165, 1.54) is 6.07 Å². The summed E-state index contributed by atoms with van der Waals surface area (Å²) in [6.07, 6.45) is 4.82. The fourth-order valence-corrected chi connectivity index (χ4v) is 4.00. The van der Waals surface area contributed by atoms with Crippen molar-refractivity contribution < 1.29 is 12.8 Å². The molecular formula is C12H15ClFNO2S. The fourth-order valence-electron chi connectivity index (χ4n) is 2.19. The average molecular weight is 292 g/mol. The number of rotatable bonds is 3. The van der Waals surface area contributed by atoms with E-state index in [-0.39, 0.29) is 16.0 Å². The highest BCUT2D eigenvalue weighted by Gasteiger charge is 2.24. The molecule has 1 saturated carbocycles. The zero-order valence-electron chi connectivity index (χ0n) is 9.83. The smallest absolute Gasteiger partial charge is 0.208 e. The Kier molecular flexibility index (Phi) is 4.25. The maximum atomic E-state index is 13.1. The maximum absolute atomic E-state index is 13.1. The third kappa shape index (κ3) is 3.22. The van der Waals surface area contributed by atoms with E-state index in [2.05, 4.69) is 4.72 Å². The van der Waals surface area contributed by atoms with Crippen LogP contribution in [0.2, 0.25) is 5.02 Å². The van der Waals surface area contributed by atoms with Crippen molar-refractivity contribution in [2.45, 2.75) is 43.0 Å². The van der Waals surface area contributed by atoms with Crippen LogP contribution in [0, 0.1) is 5.82 Å². The SMILES string of the molecule is O=S(=O)(NC1CCCCC1)c1cc(F)ccc1Cl. The molecule has 3 nitrogen and oxygen atoms in total. The van der Waals surface area contributed by atoms with Gasteiger partial charge in [0.15, 0.2) is 0 Å². The molecule has 0 aromatic heterocycles. The van der Waals surface area contributed by atoms with E-state index in [4.69, 9.17) is 11.6 Å². The Morgan fingerprint density at radius 2 is 1.89 bits per heavy atom. The molecule has 0 aliphatic heterocycles. The van der Waals surface area contributed by atoms with Crippen molar-refractivity contribution in [1.29, 1.82) is 0 Å². The van der Waals surface area contributed by atoms with E-state index in [1.54, 1.807) is 0 Å². The van der Waals surface area contributed by atoms with Crippen LogP contribution in [0.25, 0.3) is 0 Å². The van der Waals surface area contributed by atoms with E-state index < -0.39 is 15.8 Å². The fraction of sp³-hybridized carbons (Fsp3) is 0.500. The molecular weight excluding hydrogens is 277 g/mol. The minimum Gasteiger partial charge on any atom is -0.208 e. The Morgan fingerprint density at radius 3 is 2.56 bits per heavy atom. The minimum atomic E-state index is -3.74. The van der Waals surface area contributed by atoms with E-state index in [0.29, 0.717) is 0 Å². The molecule has 0 heterocycles. The highest BCUT2D eigenvalue weighted by molar-refractivity contribution is 7.89. The first kappa shape index (κ1) is 13.8. The Morgan fingerprint density at radius 1 is 1.22 bits per heavy atom. The lowest BCUT2D eigenvalue weighted by atomic mass is 9.96. The number of benzene rings is 1. The Bertz CT molecular complexity index is 527. The highest BCUT2D eigenvalue weighted by Crippen LogP contribution is 2.24. The minimum absolute atomic E-state index is 0.0414. The summed E-state index contributed by atoms with van der Waals surface area (Å²) in [5.41, 5.74) is 0. The van der Waals surface area contributed by atoms with Crippen LogP contribution in [0.1, 0.15) is 32.1 Å². The molecule has 0 spiro atoms. The first-order valence-electron chi connectivity index (χ1n) is 5.96. The summed E-state index contributed by atoms with van der Waals surface area (Å²) in [5, 5.41) is 0.0414. The molecule has 100 valence electrons. The van der Waals surface area contributed by atoms with Crippen LogP contribution in [0.3, 0.4) is 0 Å². The lowest BCUT2D eigenvalue weighted by molar-refractivity contribution is 0.412. The molecule has 1 N–H and O–H groups in total. The molecule has 1 aromatic rings. The molecule has 1 aromatic carbocycles. The molecule has 0 amide bonds. The lowest BCUT2D eigenvalue weighted by Crippen LogP contribution is -2.36. The van der Waals surface area contributed by atoms with Crippen LogP contribution in [-0.2, 0) is 10.0 Å². The van der Waals surface area contributed by atoms with Gasteiger partial charge in [-0.25, -0.2) is 17.5 Å². The van der Waals surface area contributed by atoms with Crippen LogP contribution in [-0.4, -0.2) is 14.5 Å². The quantitative estimate of drug-likeness (QED) is 0.930. The number of halogens is 2. The zero-order chi connectivity index (χ0) is 13.2. The van der Waals surface area contributed by atoms with Crippen LogP contribution in [0.4, 0.5) is 4.39 Å². The van der Waals surface area contributed by atoms with Gasteiger partial charge in [-0.3, -0.25) is 0 Å². The van der Waals surface area contributed by atoms with Crippen molar-refractivity contribution in [3.63, 3.8) is 0 Å². The molecule has 0 radical (unpaired) electrons. The standard InChI is InChI=1S/C12H15ClFNO2S/c13-11-7-6-9(14)8-12(11)18(16,17)15-10-4-2-1-3-5-10/h6-8,10,15H,1-5H2. The lowest BCUT2D eigenvalue weighted by Gasteiger charge is -2.22. The monoisotopic (exact) mass is 291 g/mol. The van der Waals surface area contributed by atoms with Crippen LogP contribution >= 0.6 is 11.6 Å². The second kappa shape index (κ2) is 5.55. The molecule has 0 atom stereocenters. The van der Waals surface area contributed by atoms with Crippen molar-refractivity contribution in [2.75, 3.05) is 0 Å². The summed E-state index contributed by atoms with van der Waals surface area (Å²) < 4.78 is 39.9. The molecule has 0 unspecified atom stereocenters. The largest absolute Gasteiger partial charge is 0.242 e. The van der Waals surface area contributed by atoms with Gasteiger partial charge >= 0.3 is 0 Å². The molecule has 1 fully saturated rings. The second-order valence-corrected chi connectivity index (χ2v) is 6.62. The van der Waals surface area contributed by atoms with Crippen LogP contribution in [0.15, 0.2) is 23.1 Å². The second-order valence-electron chi connectivity index (χ2n) is 4.53. The topological polar surface area (TPSA) is 46.2 Å². The van der Waals surface area contributed by atoms with Crippen LogP contribution < -0.4 is 4.72 Å². The Hall–Kier alpha value is -0.650. The Labute approximate surface area is 111 Å². The molecule has 6 heteroatoms. The summed E-state index contributed by atoms with van der Waals surface area (Å²) in [6, 6.07) is 3.28. The van der Waals surface area contributed by atoms with Gasteiger partial charge in [0.05, 0.1) is 5.02 Å². The average Bonchev–Trinajstić information content (AvgIpc) is 2.33. The van der Waals surface area contributed by atoms with E-state index in [9.17, 15) is 12.8 Å². The van der Waals surface area contributed by atoms with Crippen molar-refractivity contribution in [1.82, 2.24) is 4.72 Å². The maximum Gasteiger partial charge on any atom is 0.242 e. The molecule has 0 saturated heterocycles. The van der Waals surface area contributed by atoms with Gasteiger partial charge in [-0.05, 0) is 31.0 Å². The predicted octanol–water partition coefficient (Wildman–Crippen LogP) is 3.09. The molecule has 1 aliphatic carbocycles. The predicted molar refractivity (Wildman–Crippen MR) is 68.6 cm³/mol. The summed E-state index contributed by atoms with van der Waals surface area (Å²) in [6.45, 7) is 0. The third-order valence-corrected chi connectivity index (χ3v) is 5.11. The number of sulfonamides is 1. The van der Waals surface area contributed by atoms with Gasteiger partial charge in [-0.15, -0.1) is 0 Å². The summed E-state index contributed by atoms with van der Waals surface area (Å²) in [5.74, 6) is -0.608. The molecule has 1 aliphatic rings. The molecule has 18 heavy (non-hydrogen) atoms. The van der Waals surface area contributed by atoms with Crippen molar-refractivity contribution in [2.24, 2.45) is 0 Å². The number of hydrogen-bond donors (Lipinski definition) is 1. The van der Waals surface area contributed by atoms with Gasteiger partial charge in [-0.1, -0.05) is 30.9 Å². The van der Waals surface area contributed by atoms with Crippen LogP contribution in [0.5, 0.6) is 0 Å². The van der Waals surface area contributed by atoms with Crippen molar-refractivity contribution in [3.05, 3.63) is 29.0 Å².